The number of furan rings is 1. The minimum absolute atomic E-state index is 0.731. The SMILES string of the molecule is COc1cc(CNCc2ccco2)ccc1N1CCNCC1. The van der Waals surface area contributed by atoms with Crippen molar-refractivity contribution < 1.29 is 9.15 Å². The van der Waals surface area contributed by atoms with Crippen LogP contribution in [0.4, 0.5) is 5.69 Å². The number of hydrogen-bond donors (Lipinski definition) is 2. The first-order valence-corrected chi connectivity index (χ1v) is 7.72. The molecule has 0 spiro atoms. The fourth-order valence-corrected chi connectivity index (χ4v) is 2.74. The van der Waals surface area contributed by atoms with E-state index in [1.807, 2.05) is 12.1 Å². The molecule has 1 fully saturated rings. The molecule has 0 amide bonds. The predicted molar refractivity (Wildman–Crippen MR) is 87.3 cm³/mol. The Morgan fingerprint density at radius 1 is 1.23 bits per heavy atom. The number of anilines is 1. The Balaban J connectivity index is 1.63. The monoisotopic (exact) mass is 301 g/mol. The molecule has 3 rings (SSSR count). The molecule has 118 valence electrons. The fraction of sp³-hybridized carbons (Fsp3) is 0.412. The molecule has 5 nitrogen and oxygen atoms in total. The van der Waals surface area contributed by atoms with Gasteiger partial charge in [-0.15, -0.1) is 0 Å². The summed E-state index contributed by atoms with van der Waals surface area (Å²) in [6.45, 7) is 5.61. The van der Waals surface area contributed by atoms with Crippen LogP contribution < -0.4 is 20.3 Å². The number of methoxy groups -OCH3 is 1. The fourth-order valence-electron chi connectivity index (χ4n) is 2.74. The number of ether oxygens (including phenoxy) is 1. The van der Waals surface area contributed by atoms with Gasteiger partial charge in [0.1, 0.15) is 11.5 Å². The van der Waals surface area contributed by atoms with Crippen LogP contribution in [0.15, 0.2) is 41.0 Å². The Morgan fingerprint density at radius 3 is 2.82 bits per heavy atom. The lowest BCUT2D eigenvalue weighted by Gasteiger charge is -2.30. The molecule has 0 radical (unpaired) electrons. The lowest BCUT2D eigenvalue weighted by molar-refractivity contribution is 0.412. The molecule has 5 heteroatoms. The number of nitrogens with one attached hydrogen (secondary N) is 2. The average molecular weight is 301 g/mol. The maximum atomic E-state index is 5.58. The summed E-state index contributed by atoms with van der Waals surface area (Å²) in [6, 6.07) is 10.3. The normalized spacial score (nSPS) is 15.0. The van der Waals surface area contributed by atoms with Crippen molar-refractivity contribution in [3.8, 4) is 5.75 Å². The van der Waals surface area contributed by atoms with Gasteiger partial charge in [-0.2, -0.15) is 0 Å². The zero-order valence-corrected chi connectivity index (χ0v) is 13.0. The van der Waals surface area contributed by atoms with Crippen LogP contribution in [-0.4, -0.2) is 33.3 Å². The highest BCUT2D eigenvalue weighted by Gasteiger charge is 2.15. The van der Waals surface area contributed by atoms with Crippen LogP contribution in [0.5, 0.6) is 5.75 Å². The summed E-state index contributed by atoms with van der Waals surface area (Å²) >= 11 is 0. The summed E-state index contributed by atoms with van der Waals surface area (Å²) in [6.07, 6.45) is 1.70. The number of nitrogens with zero attached hydrogens (tertiary/aromatic N) is 1. The molecule has 1 aliphatic heterocycles. The van der Waals surface area contributed by atoms with Crippen molar-refractivity contribution in [3.63, 3.8) is 0 Å². The van der Waals surface area contributed by atoms with Crippen LogP contribution >= 0.6 is 0 Å². The minimum atomic E-state index is 0.731. The van der Waals surface area contributed by atoms with Crippen LogP contribution in [0.2, 0.25) is 0 Å². The molecule has 0 atom stereocenters. The summed E-state index contributed by atoms with van der Waals surface area (Å²) in [4.78, 5) is 2.37. The highest BCUT2D eigenvalue weighted by molar-refractivity contribution is 5.60. The van der Waals surface area contributed by atoms with E-state index in [2.05, 4.69) is 33.7 Å². The number of rotatable bonds is 6. The van der Waals surface area contributed by atoms with E-state index >= 15 is 0 Å². The van der Waals surface area contributed by atoms with Crippen molar-refractivity contribution in [3.05, 3.63) is 47.9 Å². The van der Waals surface area contributed by atoms with E-state index < -0.39 is 0 Å². The largest absolute Gasteiger partial charge is 0.495 e. The molecule has 1 aromatic carbocycles. The summed E-state index contributed by atoms with van der Waals surface area (Å²) in [5.41, 5.74) is 2.39. The third kappa shape index (κ3) is 3.61. The summed E-state index contributed by atoms with van der Waals surface area (Å²) in [5.74, 6) is 1.89. The number of benzene rings is 1. The summed E-state index contributed by atoms with van der Waals surface area (Å²) in [5, 5.41) is 6.75. The van der Waals surface area contributed by atoms with E-state index in [0.717, 1.165) is 50.8 Å². The maximum Gasteiger partial charge on any atom is 0.142 e. The molecule has 0 aliphatic carbocycles. The van der Waals surface area contributed by atoms with Gasteiger partial charge >= 0.3 is 0 Å². The minimum Gasteiger partial charge on any atom is -0.495 e. The first kappa shape index (κ1) is 14.9. The molecule has 2 aromatic rings. The third-order valence-electron chi connectivity index (χ3n) is 3.91. The highest BCUT2D eigenvalue weighted by Crippen LogP contribution is 2.29. The Labute approximate surface area is 131 Å². The molecular formula is C17H23N3O2. The third-order valence-corrected chi connectivity index (χ3v) is 3.91. The van der Waals surface area contributed by atoms with Gasteiger partial charge in [-0.1, -0.05) is 6.07 Å². The van der Waals surface area contributed by atoms with E-state index in [4.69, 9.17) is 9.15 Å². The zero-order chi connectivity index (χ0) is 15.2. The second-order valence-corrected chi connectivity index (χ2v) is 5.43. The number of hydrogen-bond acceptors (Lipinski definition) is 5. The van der Waals surface area contributed by atoms with Crippen LogP contribution in [0.25, 0.3) is 0 Å². The van der Waals surface area contributed by atoms with Crippen LogP contribution in [0.1, 0.15) is 11.3 Å². The average Bonchev–Trinajstić information content (AvgIpc) is 3.09. The van der Waals surface area contributed by atoms with Gasteiger partial charge in [0, 0.05) is 32.7 Å². The van der Waals surface area contributed by atoms with Crippen LogP contribution in [0.3, 0.4) is 0 Å². The molecular weight excluding hydrogens is 278 g/mol. The second kappa shape index (κ2) is 7.33. The standard InChI is InChI=1S/C17H23N3O2/c1-21-17-11-14(12-19-13-15-3-2-10-22-15)4-5-16(17)20-8-6-18-7-9-20/h2-5,10-11,18-19H,6-9,12-13H2,1H3. The van der Waals surface area contributed by atoms with Gasteiger partial charge in [0.05, 0.1) is 25.6 Å². The lowest BCUT2D eigenvalue weighted by Crippen LogP contribution is -2.43. The molecule has 0 bridgehead atoms. The zero-order valence-electron chi connectivity index (χ0n) is 13.0. The topological polar surface area (TPSA) is 49.7 Å². The van der Waals surface area contributed by atoms with Crippen molar-refractivity contribution >= 4 is 5.69 Å². The Morgan fingerprint density at radius 2 is 2.09 bits per heavy atom. The van der Waals surface area contributed by atoms with Crippen molar-refractivity contribution in [1.82, 2.24) is 10.6 Å². The van der Waals surface area contributed by atoms with Crippen LogP contribution in [0, 0.1) is 0 Å². The summed E-state index contributed by atoms with van der Waals surface area (Å²) < 4.78 is 10.9. The second-order valence-electron chi connectivity index (χ2n) is 5.43. The van der Waals surface area contributed by atoms with Crippen molar-refractivity contribution in [2.75, 3.05) is 38.2 Å². The molecule has 1 saturated heterocycles. The van der Waals surface area contributed by atoms with E-state index in [1.165, 1.54) is 11.3 Å². The maximum absolute atomic E-state index is 5.58. The van der Waals surface area contributed by atoms with Gasteiger partial charge in [0.25, 0.3) is 0 Å². The Kier molecular flexibility index (Phi) is 4.98. The first-order chi connectivity index (χ1) is 10.9. The quantitative estimate of drug-likeness (QED) is 0.854. The van der Waals surface area contributed by atoms with Gasteiger partial charge in [-0.05, 0) is 29.8 Å². The van der Waals surface area contributed by atoms with E-state index in [0.29, 0.717) is 0 Å². The highest BCUT2D eigenvalue weighted by atomic mass is 16.5. The molecule has 2 heterocycles. The summed E-state index contributed by atoms with van der Waals surface area (Å²) in [7, 11) is 1.74. The van der Waals surface area contributed by atoms with Gasteiger partial charge in [-0.25, -0.2) is 0 Å². The predicted octanol–water partition coefficient (Wildman–Crippen LogP) is 1.99. The molecule has 22 heavy (non-hydrogen) atoms. The smallest absolute Gasteiger partial charge is 0.142 e. The Hall–Kier alpha value is -1.98. The van der Waals surface area contributed by atoms with Gasteiger partial charge < -0.3 is 24.7 Å². The van der Waals surface area contributed by atoms with Crippen LogP contribution in [-0.2, 0) is 13.1 Å². The van der Waals surface area contributed by atoms with Gasteiger partial charge in [-0.3, -0.25) is 0 Å². The van der Waals surface area contributed by atoms with Crippen molar-refractivity contribution in [2.24, 2.45) is 0 Å². The Bertz CT molecular complexity index is 578. The molecule has 1 aromatic heterocycles. The van der Waals surface area contributed by atoms with E-state index in [1.54, 1.807) is 13.4 Å². The van der Waals surface area contributed by atoms with Crippen molar-refractivity contribution in [1.29, 1.82) is 0 Å². The molecule has 0 saturated carbocycles. The van der Waals surface area contributed by atoms with E-state index in [9.17, 15) is 0 Å². The molecule has 2 N–H and O–H groups in total. The molecule has 1 aliphatic rings. The van der Waals surface area contributed by atoms with E-state index in [-0.39, 0.29) is 0 Å². The first-order valence-electron chi connectivity index (χ1n) is 7.72. The van der Waals surface area contributed by atoms with Crippen molar-refractivity contribution in [2.45, 2.75) is 13.1 Å². The molecule has 0 unspecified atom stereocenters. The number of piperazine rings is 1. The van der Waals surface area contributed by atoms with Gasteiger partial charge in [0.15, 0.2) is 0 Å². The lowest BCUT2D eigenvalue weighted by atomic mass is 10.1. The van der Waals surface area contributed by atoms with Gasteiger partial charge in [0.2, 0.25) is 0 Å².